The predicted molar refractivity (Wildman–Crippen MR) is 129 cm³/mol. The Balaban J connectivity index is 1.36. The average molecular weight is 453 g/mol. The third-order valence-electron chi connectivity index (χ3n) is 5.92. The molecule has 1 saturated heterocycles. The molecule has 0 aliphatic carbocycles. The van der Waals surface area contributed by atoms with Crippen molar-refractivity contribution in [1.82, 2.24) is 9.55 Å². The Kier molecular flexibility index (Phi) is 7.55. The Bertz CT molecular complexity index is 991. The van der Waals surface area contributed by atoms with Crippen LogP contribution in [0.25, 0.3) is 0 Å². The summed E-state index contributed by atoms with van der Waals surface area (Å²) < 4.78 is 20.2. The minimum atomic E-state index is -0.634. The minimum Gasteiger partial charge on any atom is -0.497 e. The minimum absolute atomic E-state index is 0.0875. The summed E-state index contributed by atoms with van der Waals surface area (Å²) >= 11 is 1.92. The van der Waals surface area contributed by atoms with Gasteiger partial charge < -0.3 is 18.8 Å². The van der Waals surface area contributed by atoms with Crippen molar-refractivity contribution in [1.29, 1.82) is 0 Å². The summed E-state index contributed by atoms with van der Waals surface area (Å²) in [5.74, 6) is 2.15. The first kappa shape index (κ1) is 22.9. The van der Waals surface area contributed by atoms with E-state index in [4.69, 9.17) is 14.2 Å². The largest absolute Gasteiger partial charge is 0.497 e. The molecule has 5 nitrogen and oxygen atoms in total. The summed E-state index contributed by atoms with van der Waals surface area (Å²) in [5.41, 5.74) is 5.30. The number of ether oxygens (including phenoxy) is 3. The highest BCUT2D eigenvalue weighted by atomic mass is 32.2. The molecule has 32 heavy (non-hydrogen) atoms. The van der Waals surface area contributed by atoms with E-state index in [0.29, 0.717) is 13.2 Å². The molecule has 4 rings (SSSR count). The van der Waals surface area contributed by atoms with E-state index in [0.717, 1.165) is 30.1 Å². The van der Waals surface area contributed by atoms with Crippen molar-refractivity contribution in [2.75, 3.05) is 19.5 Å². The third kappa shape index (κ3) is 5.94. The third-order valence-corrected chi connectivity index (χ3v) is 7.04. The molecule has 170 valence electrons. The number of hydrogen-bond donors (Lipinski definition) is 0. The van der Waals surface area contributed by atoms with E-state index in [1.54, 1.807) is 13.3 Å². The van der Waals surface area contributed by atoms with Crippen LogP contribution in [0.15, 0.2) is 61.2 Å². The number of thioether (sulfide) groups is 1. The van der Waals surface area contributed by atoms with Crippen LogP contribution in [0.5, 0.6) is 5.75 Å². The molecule has 2 atom stereocenters. The molecule has 2 aromatic carbocycles. The van der Waals surface area contributed by atoms with E-state index in [9.17, 15) is 0 Å². The molecule has 1 aliphatic heterocycles. The maximum Gasteiger partial charge on any atom is 0.187 e. The summed E-state index contributed by atoms with van der Waals surface area (Å²) in [6.07, 6.45) is 7.33. The number of nitrogens with zero attached hydrogens (tertiary/aromatic N) is 2. The van der Waals surface area contributed by atoms with Crippen LogP contribution < -0.4 is 4.74 Å². The van der Waals surface area contributed by atoms with Gasteiger partial charge in [-0.2, -0.15) is 11.8 Å². The zero-order valence-electron chi connectivity index (χ0n) is 19.1. The lowest BCUT2D eigenvalue weighted by Crippen LogP contribution is -2.37. The topological polar surface area (TPSA) is 45.5 Å². The lowest BCUT2D eigenvalue weighted by atomic mass is 10.0. The second kappa shape index (κ2) is 10.6. The molecule has 0 radical (unpaired) electrons. The van der Waals surface area contributed by atoms with Gasteiger partial charge in [-0.05, 0) is 49.1 Å². The number of hydrogen-bond acceptors (Lipinski definition) is 5. The van der Waals surface area contributed by atoms with E-state index in [1.165, 1.54) is 22.3 Å². The van der Waals surface area contributed by atoms with Gasteiger partial charge >= 0.3 is 0 Å². The highest BCUT2D eigenvalue weighted by Crippen LogP contribution is 2.33. The van der Waals surface area contributed by atoms with E-state index >= 15 is 0 Å². The van der Waals surface area contributed by atoms with Crippen LogP contribution in [0.1, 0.15) is 28.7 Å². The summed E-state index contributed by atoms with van der Waals surface area (Å²) in [6.45, 7) is 5.59. The van der Waals surface area contributed by atoms with Crippen LogP contribution in [0.3, 0.4) is 0 Å². The molecule has 2 heterocycles. The van der Waals surface area contributed by atoms with E-state index in [1.807, 2.05) is 41.0 Å². The number of imidazole rings is 1. The van der Waals surface area contributed by atoms with E-state index in [2.05, 4.69) is 49.2 Å². The first-order valence-corrected chi connectivity index (χ1v) is 12.2. The van der Waals surface area contributed by atoms with Crippen LogP contribution in [0.4, 0.5) is 0 Å². The number of rotatable bonds is 10. The van der Waals surface area contributed by atoms with E-state index in [-0.39, 0.29) is 6.10 Å². The molecule has 0 saturated carbocycles. The quantitative estimate of drug-likeness (QED) is 0.424. The second-order valence-corrected chi connectivity index (χ2v) is 9.52. The maximum absolute atomic E-state index is 6.56. The average Bonchev–Trinajstić information content (AvgIpc) is 3.46. The van der Waals surface area contributed by atoms with Gasteiger partial charge in [-0.3, -0.25) is 0 Å². The molecule has 0 spiro atoms. The molecule has 0 bridgehead atoms. The smallest absolute Gasteiger partial charge is 0.187 e. The Morgan fingerprint density at radius 1 is 1.19 bits per heavy atom. The van der Waals surface area contributed by atoms with Crippen molar-refractivity contribution >= 4 is 11.8 Å². The molecular weight excluding hydrogens is 420 g/mol. The second-order valence-electron chi connectivity index (χ2n) is 8.49. The Morgan fingerprint density at radius 2 is 2.03 bits per heavy atom. The fourth-order valence-electron chi connectivity index (χ4n) is 4.03. The maximum atomic E-state index is 6.56. The predicted octanol–water partition coefficient (Wildman–Crippen LogP) is 5.19. The van der Waals surface area contributed by atoms with Crippen LogP contribution in [-0.4, -0.2) is 40.9 Å². The number of benzene rings is 2. The van der Waals surface area contributed by atoms with Gasteiger partial charge in [-0.25, -0.2) is 4.98 Å². The monoisotopic (exact) mass is 452 g/mol. The molecule has 6 heteroatoms. The molecule has 0 amide bonds. The van der Waals surface area contributed by atoms with Crippen molar-refractivity contribution in [3.63, 3.8) is 0 Å². The van der Waals surface area contributed by atoms with Crippen molar-refractivity contribution < 1.29 is 14.2 Å². The Hall–Kier alpha value is -2.28. The molecular formula is C26H32N2O3S. The van der Waals surface area contributed by atoms with Gasteiger partial charge in [0.05, 0.1) is 32.7 Å². The van der Waals surface area contributed by atoms with Gasteiger partial charge in [0, 0.05) is 30.3 Å². The van der Waals surface area contributed by atoms with Crippen molar-refractivity contribution in [2.24, 2.45) is 0 Å². The Morgan fingerprint density at radius 3 is 2.78 bits per heavy atom. The lowest BCUT2D eigenvalue weighted by Gasteiger charge is -2.28. The number of aromatic nitrogens is 2. The number of methoxy groups -OCH3 is 1. The van der Waals surface area contributed by atoms with Gasteiger partial charge in [-0.15, -0.1) is 0 Å². The van der Waals surface area contributed by atoms with Gasteiger partial charge in [0.15, 0.2) is 5.79 Å². The molecule has 0 N–H and O–H groups in total. The zero-order chi connectivity index (χ0) is 22.4. The summed E-state index contributed by atoms with van der Waals surface area (Å²) in [4.78, 5) is 4.18. The zero-order valence-corrected chi connectivity index (χ0v) is 19.9. The lowest BCUT2D eigenvalue weighted by molar-refractivity contribution is -0.180. The van der Waals surface area contributed by atoms with Crippen LogP contribution >= 0.6 is 11.8 Å². The van der Waals surface area contributed by atoms with Gasteiger partial charge in [-0.1, -0.05) is 35.9 Å². The first-order chi connectivity index (χ1) is 15.5. The number of aryl methyl sites for hydroxylation is 3. The molecule has 1 aliphatic rings. The normalized spacial score (nSPS) is 20.5. The van der Waals surface area contributed by atoms with Crippen molar-refractivity contribution in [2.45, 2.75) is 50.9 Å². The van der Waals surface area contributed by atoms with Crippen LogP contribution in [0.2, 0.25) is 0 Å². The molecule has 3 aromatic rings. The van der Waals surface area contributed by atoms with Crippen LogP contribution in [-0.2, 0) is 28.2 Å². The fraction of sp³-hybridized carbons (Fsp3) is 0.423. The highest BCUT2D eigenvalue weighted by Gasteiger charge is 2.41. The molecule has 1 fully saturated rings. The van der Waals surface area contributed by atoms with Gasteiger partial charge in [0.25, 0.3) is 0 Å². The van der Waals surface area contributed by atoms with Crippen molar-refractivity contribution in [3.05, 3.63) is 83.4 Å². The molecule has 2 unspecified atom stereocenters. The summed E-state index contributed by atoms with van der Waals surface area (Å²) in [5, 5.41) is 0. The Labute approximate surface area is 195 Å². The van der Waals surface area contributed by atoms with Crippen molar-refractivity contribution in [3.8, 4) is 5.75 Å². The summed E-state index contributed by atoms with van der Waals surface area (Å²) in [7, 11) is 1.69. The van der Waals surface area contributed by atoms with E-state index < -0.39 is 5.79 Å². The highest BCUT2D eigenvalue weighted by molar-refractivity contribution is 7.98. The van der Waals surface area contributed by atoms with Gasteiger partial charge in [0.2, 0.25) is 0 Å². The first-order valence-electron chi connectivity index (χ1n) is 11.1. The SMILES string of the molecule is COc1ccc(CCC2(Cn3ccnc3)OCC(CSCc3cc(C)ccc3C)O2)cc1. The standard InChI is InChI=1S/C26H32N2O3S/c1-20-4-5-21(2)23(14-20)16-32-17-25-15-30-26(31-25,18-28-13-12-27-19-28)11-10-22-6-8-24(29-3)9-7-22/h4-9,12-14,19,25H,10-11,15-18H2,1-3H3. The van der Waals surface area contributed by atoms with Gasteiger partial charge in [0.1, 0.15) is 5.75 Å². The van der Waals surface area contributed by atoms with Crippen LogP contribution in [0, 0.1) is 13.8 Å². The fourth-order valence-corrected chi connectivity index (χ4v) is 5.11. The molecule has 1 aromatic heterocycles. The summed E-state index contributed by atoms with van der Waals surface area (Å²) in [6, 6.07) is 14.9.